The van der Waals surface area contributed by atoms with Crippen molar-refractivity contribution in [1.29, 1.82) is 0 Å². The maximum absolute atomic E-state index is 8.20. The van der Waals surface area contributed by atoms with E-state index in [2.05, 4.69) is 166 Å². The third-order valence-corrected chi connectivity index (χ3v) is 9.17. The average Bonchev–Trinajstić information content (AvgIpc) is 3.64. The molecule has 46 heavy (non-hydrogen) atoms. The number of benzene rings is 7. The minimum Gasteiger partial charge on any atom is -0.309 e. The first-order valence-corrected chi connectivity index (χ1v) is 15.5. The van der Waals surface area contributed by atoms with E-state index in [0.717, 1.165) is 44.7 Å². The molecule has 0 aliphatic rings. The lowest BCUT2D eigenvalue weighted by Crippen LogP contribution is -1.98. The first-order valence-electron chi connectivity index (χ1n) is 15.5. The third-order valence-electron chi connectivity index (χ3n) is 9.17. The summed E-state index contributed by atoms with van der Waals surface area (Å²) in [5.41, 5.74) is 11.5. The number of hydrogen-bond donors (Lipinski definition) is 0. The van der Waals surface area contributed by atoms with Gasteiger partial charge in [0.05, 0.1) is 34.3 Å². The van der Waals surface area contributed by atoms with Crippen LogP contribution < -0.4 is 0 Å². The molecule has 3 heteroatoms. The van der Waals surface area contributed by atoms with Crippen LogP contribution in [0.2, 0.25) is 0 Å². The molecule has 0 saturated heterocycles. The van der Waals surface area contributed by atoms with Crippen LogP contribution >= 0.6 is 0 Å². The standard InChI is InChI=1S/C43H27N3/c1-44-37-19-12-18-31(29-25-27-30(28-26-29)45-38-20-7-2-13-32(38)33-14-3-8-21-39(33)45)43(37)36-17-6-11-24-42(36)46-40-22-9-4-15-34(40)35-16-5-10-23-41(35)46/h2-28H. The molecule has 0 aliphatic heterocycles. The highest BCUT2D eigenvalue weighted by Gasteiger charge is 2.20. The molecule has 214 valence electrons. The van der Waals surface area contributed by atoms with Gasteiger partial charge in [-0.15, -0.1) is 0 Å². The Hall–Kier alpha value is -6.37. The molecule has 2 aromatic heterocycles. The van der Waals surface area contributed by atoms with E-state index in [1.165, 1.54) is 32.6 Å². The van der Waals surface area contributed by atoms with Crippen LogP contribution in [0.1, 0.15) is 0 Å². The fraction of sp³-hybridized carbons (Fsp3) is 0. The average molecular weight is 586 g/mol. The number of para-hydroxylation sites is 5. The topological polar surface area (TPSA) is 14.2 Å². The van der Waals surface area contributed by atoms with Gasteiger partial charge in [0.25, 0.3) is 0 Å². The molecule has 0 amide bonds. The van der Waals surface area contributed by atoms with Crippen molar-refractivity contribution in [2.24, 2.45) is 0 Å². The fourth-order valence-corrected chi connectivity index (χ4v) is 7.21. The van der Waals surface area contributed by atoms with Gasteiger partial charge >= 0.3 is 0 Å². The summed E-state index contributed by atoms with van der Waals surface area (Å²) >= 11 is 0. The lowest BCUT2D eigenvalue weighted by molar-refractivity contribution is 1.18. The van der Waals surface area contributed by atoms with Crippen molar-refractivity contribution in [1.82, 2.24) is 9.13 Å². The van der Waals surface area contributed by atoms with E-state index in [1.807, 2.05) is 12.1 Å². The van der Waals surface area contributed by atoms with Crippen molar-refractivity contribution in [2.75, 3.05) is 0 Å². The molecule has 0 atom stereocenters. The highest BCUT2D eigenvalue weighted by molar-refractivity contribution is 6.11. The molecule has 0 fully saturated rings. The Morgan fingerprint density at radius 1 is 0.391 bits per heavy atom. The zero-order valence-corrected chi connectivity index (χ0v) is 24.9. The molecule has 0 saturated carbocycles. The van der Waals surface area contributed by atoms with Gasteiger partial charge in [0.1, 0.15) is 0 Å². The Kier molecular flexibility index (Phi) is 5.88. The SMILES string of the molecule is [C-]#[N+]c1cccc(-c2ccc(-n3c4ccccc4c4ccccc43)cc2)c1-c1ccccc1-n1c2ccccc2c2ccccc21. The van der Waals surface area contributed by atoms with Crippen LogP contribution in [-0.2, 0) is 0 Å². The number of aromatic nitrogens is 2. The summed E-state index contributed by atoms with van der Waals surface area (Å²) in [6.45, 7) is 8.20. The highest BCUT2D eigenvalue weighted by Crippen LogP contribution is 2.44. The molecule has 0 spiro atoms. The van der Waals surface area contributed by atoms with Crippen molar-refractivity contribution in [2.45, 2.75) is 0 Å². The molecular formula is C43H27N3. The van der Waals surface area contributed by atoms with Crippen LogP contribution in [0.4, 0.5) is 5.69 Å². The van der Waals surface area contributed by atoms with Crippen molar-refractivity contribution in [3.8, 4) is 33.6 Å². The van der Waals surface area contributed by atoms with E-state index >= 15 is 0 Å². The Morgan fingerprint density at radius 3 is 1.39 bits per heavy atom. The Labute approximate surface area is 266 Å². The van der Waals surface area contributed by atoms with Gasteiger partial charge in [-0.25, -0.2) is 4.85 Å². The maximum atomic E-state index is 8.20. The van der Waals surface area contributed by atoms with E-state index < -0.39 is 0 Å². The first kappa shape index (κ1) is 26.1. The second kappa shape index (κ2) is 10.4. The highest BCUT2D eigenvalue weighted by atomic mass is 15.0. The zero-order valence-electron chi connectivity index (χ0n) is 24.9. The molecule has 9 rings (SSSR count). The lowest BCUT2D eigenvalue weighted by Gasteiger charge is -2.18. The van der Waals surface area contributed by atoms with Gasteiger partial charge in [-0.2, -0.15) is 0 Å². The van der Waals surface area contributed by atoms with Crippen molar-refractivity contribution < 1.29 is 0 Å². The monoisotopic (exact) mass is 585 g/mol. The summed E-state index contributed by atoms with van der Waals surface area (Å²) in [7, 11) is 0. The zero-order chi connectivity index (χ0) is 30.6. The van der Waals surface area contributed by atoms with Crippen LogP contribution in [0.3, 0.4) is 0 Å². The van der Waals surface area contributed by atoms with Crippen LogP contribution in [0.5, 0.6) is 0 Å². The molecule has 0 bridgehead atoms. The van der Waals surface area contributed by atoms with Crippen molar-refractivity contribution in [3.63, 3.8) is 0 Å². The quantitative estimate of drug-likeness (QED) is 0.182. The summed E-state index contributed by atoms with van der Waals surface area (Å²) in [5, 5.41) is 4.92. The second-order valence-electron chi connectivity index (χ2n) is 11.6. The predicted molar refractivity (Wildman–Crippen MR) is 192 cm³/mol. The second-order valence-corrected chi connectivity index (χ2v) is 11.6. The smallest absolute Gasteiger partial charge is 0.195 e. The van der Waals surface area contributed by atoms with Crippen molar-refractivity contribution >= 4 is 49.3 Å². The van der Waals surface area contributed by atoms with Gasteiger partial charge in [0.15, 0.2) is 5.69 Å². The molecular weight excluding hydrogens is 558 g/mol. The summed E-state index contributed by atoms with van der Waals surface area (Å²) in [6, 6.07) is 57.6. The molecule has 0 N–H and O–H groups in total. The van der Waals surface area contributed by atoms with Crippen molar-refractivity contribution in [3.05, 3.63) is 175 Å². The maximum Gasteiger partial charge on any atom is 0.195 e. The molecule has 9 aromatic rings. The first-order chi connectivity index (χ1) is 22.8. The van der Waals surface area contributed by atoms with Crippen LogP contribution in [0, 0.1) is 6.57 Å². The van der Waals surface area contributed by atoms with E-state index in [0.29, 0.717) is 5.69 Å². The molecule has 0 aliphatic carbocycles. The Bertz CT molecular complexity index is 2540. The number of hydrogen-bond acceptors (Lipinski definition) is 0. The number of nitrogens with zero attached hydrogens (tertiary/aromatic N) is 3. The van der Waals surface area contributed by atoms with E-state index in [1.54, 1.807) is 0 Å². The van der Waals surface area contributed by atoms with Crippen LogP contribution in [0.15, 0.2) is 164 Å². The molecule has 3 nitrogen and oxygen atoms in total. The number of rotatable bonds is 4. The summed E-state index contributed by atoms with van der Waals surface area (Å²) < 4.78 is 4.68. The minimum atomic E-state index is 0.636. The van der Waals surface area contributed by atoms with E-state index in [4.69, 9.17) is 6.57 Å². The molecule has 2 heterocycles. The fourth-order valence-electron chi connectivity index (χ4n) is 7.21. The molecule has 0 unspecified atom stereocenters. The Balaban J connectivity index is 1.25. The normalized spacial score (nSPS) is 11.5. The van der Waals surface area contributed by atoms with Gasteiger partial charge in [-0.05, 0) is 64.7 Å². The summed E-state index contributed by atoms with van der Waals surface area (Å²) in [4.78, 5) is 4.04. The van der Waals surface area contributed by atoms with Gasteiger partial charge < -0.3 is 9.13 Å². The van der Waals surface area contributed by atoms with Gasteiger partial charge in [-0.3, -0.25) is 0 Å². The third kappa shape index (κ3) is 3.84. The van der Waals surface area contributed by atoms with Gasteiger partial charge in [0, 0.05) is 27.2 Å². The molecule has 0 radical (unpaired) electrons. The lowest BCUT2D eigenvalue weighted by atomic mass is 9.92. The van der Waals surface area contributed by atoms with E-state index in [-0.39, 0.29) is 0 Å². The summed E-state index contributed by atoms with van der Waals surface area (Å²) in [6.07, 6.45) is 0. The van der Waals surface area contributed by atoms with Crippen LogP contribution in [0.25, 0.3) is 82.1 Å². The van der Waals surface area contributed by atoms with Gasteiger partial charge in [0.2, 0.25) is 0 Å². The molecule has 7 aromatic carbocycles. The Morgan fingerprint density at radius 2 is 0.848 bits per heavy atom. The summed E-state index contributed by atoms with van der Waals surface area (Å²) in [5.74, 6) is 0. The number of fused-ring (bicyclic) bond motifs is 6. The van der Waals surface area contributed by atoms with Gasteiger partial charge in [-0.1, -0.05) is 121 Å². The largest absolute Gasteiger partial charge is 0.309 e. The minimum absolute atomic E-state index is 0.636. The predicted octanol–water partition coefficient (Wildman–Crippen LogP) is 11.8. The van der Waals surface area contributed by atoms with E-state index in [9.17, 15) is 0 Å². The van der Waals surface area contributed by atoms with Crippen LogP contribution in [-0.4, -0.2) is 9.13 Å².